The van der Waals surface area contributed by atoms with E-state index in [1.165, 1.54) is 7.11 Å². The number of rotatable bonds is 6. The van der Waals surface area contributed by atoms with Crippen LogP contribution in [0.15, 0.2) is 48.5 Å². The number of benzene rings is 2. The van der Waals surface area contributed by atoms with Crippen molar-refractivity contribution < 1.29 is 19.0 Å². The second-order valence-corrected chi connectivity index (χ2v) is 4.41. The molecular formula is C17H15NO4. The molecule has 0 saturated carbocycles. The smallest absolute Gasteiger partial charge is 0.344 e. The fourth-order valence-corrected chi connectivity index (χ4v) is 1.81. The van der Waals surface area contributed by atoms with Crippen LogP contribution in [0.2, 0.25) is 0 Å². The molecule has 0 N–H and O–H groups in total. The monoisotopic (exact) mass is 297 g/mol. The predicted molar refractivity (Wildman–Crippen MR) is 79.4 cm³/mol. The molecule has 0 spiro atoms. The van der Waals surface area contributed by atoms with Gasteiger partial charge in [0, 0.05) is 0 Å². The molecule has 2 aromatic rings. The van der Waals surface area contributed by atoms with E-state index < -0.39 is 5.97 Å². The van der Waals surface area contributed by atoms with Crippen LogP contribution in [0.5, 0.6) is 11.5 Å². The molecule has 5 heteroatoms. The molecule has 0 amide bonds. The van der Waals surface area contributed by atoms with E-state index in [1.54, 1.807) is 42.5 Å². The summed E-state index contributed by atoms with van der Waals surface area (Å²) in [6, 6.07) is 16.0. The normalized spacial score (nSPS) is 9.64. The SMILES string of the molecule is COc1ccccc1OCC(=O)OCc1cccc(C#N)c1. The Morgan fingerprint density at radius 3 is 2.64 bits per heavy atom. The van der Waals surface area contributed by atoms with E-state index in [-0.39, 0.29) is 13.2 Å². The van der Waals surface area contributed by atoms with Gasteiger partial charge in [0.2, 0.25) is 0 Å². The summed E-state index contributed by atoms with van der Waals surface area (Å²) < 4.78 is 15.6. The molecule has 5 nitrogen and oxygen atoms in total. The summed E-state index contributed by atoms with van der Waals surface area (Å²) in [4.78, 5) is 11.7. The van der Waals surface area contributed by atoms with Gasteiger partial charge in [-0.15, -0.1) is 0 Å². The molecule has 0 atom stereocenters. The number of carbonyl (C=O) groups is 1. The van der Waals surface area contributed by atoms with Crippen LogP contribution in [-0.2, 0) is 16.1 Å². The molecule has 0 aromatic heterocycles. The summed E-state index contributed by atoms with van der Waals surface area (Å²) in [5, 5.41) is 8.81. The van der Waals surface area contributed by atoms with Gasteiger partial charge in [0.1, 0.15) is 6.61 Å². The highest BCUT2D eigenvalue weighted by Gasteiger charge is 2.08. The third kappa shape index (κ3) is 4.25. The van der Waals surface area contributed by atoms with Gasteiger partial charge in [-0.1, -0.05) is 24.3 Å². The van der Waals surface area contributed by atoms with Crippen molar-refractivity contribution in [2.24, 2.45) is 0 Å². The van der Waals surface area contributed by atoms with Gasteiger partial charge in [-0.2, -0.15) is 5.26 Å². The number of para-hydroxylation sites is 2. The summed E-state index contributed by atoms with van der Waals surface area (Å²) in [7, 11) is 1.53. The van der Waals surface area contributed by atoms with Crippen molar-refractivity contribution in [3.8, 4) is 17.6 Å². The highest BCUT2D eigenvalue weighted by atomic mass is 16.6. The van der Waals surface area contributed by atoms with Gasteiger partial charge in [0.15, 0.2) is 18.1 Å². The summed E-state index contributed by atoms with van der Waals surface area (Å²) in [6.07, 6.45) is 0. The van der Waals surface area contributed by atoms with E-state index in [1.807, 2.05) is 12.1 Å². The number of nitrogens with zero attached hydrogens (tertiary/aromatic N) is 1. The predicted octanol–water partition coefficient (Wildman–Crippen LogP) is 2.69. The van der Waals surface area contributed by atoms with Gasteiger partial charge in [0.05, 0.1) is 18.7 Å². The topological polar surface area (TPSA) is 68.6 Å². The van der Waals surface area contributed by atoms with Gasteiger partial charge in [0.25, 0.3) is 0 Å². The zero-order valence-electron chi connectivity index (χ0n) is 12.1. The van der Waals surface area contributed by atoms with Crippen molar-refractivity contribution >= 4 is 5.97 Å². The van der Waals surface area contributed by atoms with Crippen molar-refractivity contribution in [1.29, 1.82) is 5.26 Å². The number of hydrogen-bond acceptors (Lipinski definition) is 5. The molecule has 0 aliphatic carbocycles. The molecule has 0 aliphatic heterocycles. The maximum absolute atomic E-state index is 11.7. The molecule has 0 unspecified atom stereocenters. The van der Waals surface area contributed by atoms with E-state index in [2.05, 4.69) is 0 Å². The Morgan fingerprint density at radius 1 is 1.14 bits per heavy atom. The molecule has 0 radical (unpaired) electrons. The first-order valence-corrected chi connectivity index (χ1v) is 6.63. The third-order valence-electron chi connectivity index (χ3n) is 2.87. The van der Waals surface area contributed by atoms with E-state index in [4.69, 9.17) is 19.5 Å². The second kappa shape index (κ2) is 7.70. The average molecular weight is 297 g/mol. The fourth-order valence-electron chi connectivity index (χ4n) is 1.81. The Balaban J connectivity index is 1.84. The lowest BCUT2D eigenvalue weighted by molar-refractivity contribution is -0.147. The number of esters is 1. The molecule has 0 aliphatic rings. The van der Waals surface area contributed by atoms with Crippen LogP contribution in [0.25, 0.3) is 0 Å². The van der Waals surface area contributed by atoms with E-state index in [0.717, 1.165) is 5.56 Å². The summed E-state index contributed by atoms with van der Waals surface area (Å²) in [5.74, 6) is 0.540. The lowest BCUT2D eigenvalue weighted by Crippen LogP contribution is -2.15. The van der Waals surface area contributed by atoms with Crippen LogP contribution >= 0.6 is 0 Å². The summed E-state index contributed by atoms with van der Waals surface area (Å²) in [6.45, 7) is -0.109. The van der Waals surface area contributed by atoms with Crippen molar-refractivity contribution in [1.82, 2.24) is 0 Å². The van der Waals surface area contributed by atoms with E-state index in [0.29, 0.717) is 17.1 Å². The quantitative estimate of drug-likeness (QED) is 0.767. The summed E-state index contributed by atoms with van der Waals surface area (Å²) in [5.41, 5.74) is 1.28. The van der Waals surface area contributed by atoms with Gasteiger partial charge < -0.3 is 14.2 Å². The minimum atomic E-state index is -0.492. The Hall–Kier alpha value is -3.00. The van der Waals surface area contributed by atoms with E-state index in [9.17, 15) is 4.79 Å². The molecule has 2 rings (SSSR count). The average Bonchev–Trinajstić information content (AvgIpc) is 2.58. The van der Waals surface area contributed by atoms with Crippen LogP contribution in [0, 0.1) is 11.3 Å². The Labute approximate surface area is 128 Å². The molecule has 0 saturated heterocycles. The van der Waals surface area contributed by atoms with Gasteiger partial charge in [-0.25, -0.2) is 4.79 Å². The highest BCUT2D eigenvalue weighted by molar-refractivity contribution is 5.71. The highest BCUT2D eigenvalue weighted by Crippen LogP contribution is 2.25. The van der Waals surface area contributed by atoms with Crippen molar-refractivity contribution in [2.45, 2.75) is 6.61 Å². The standard InChI is InChI=1S/C17H15NO4/c1-20-15-7-2-3-8-16(15)21-12-17(19)22-11-14-6-4-5-13(9-14)10-18/h2-9H,11-12H2,1H3. The molecular weight excluding hydrogens is 282 g/mol. The largest absolute Gasteiger partial charge is 0.493 e. The van der Waals surface area contributed by atoms with Crippen LogP contribution in [-0.4, -0.2) is 19.7 Å². The Bertz CT molecular complexity index is 691. The number of hydrogen-bond donors (Lipinski definition) is 0. The van der Waals surface area contributed by atoms with Crippen LogP contribution in [0.3, 0.4) is 0 Å². The zero-order chi connectivity index (χ0) is 15.8. The van der Waals surface area contributed by atoms with Crippen molar-refractivity contribution in [3.63, 3.8) is 0 Å². The molecule has 22 heavy (non-hydrogen) atoms. The number of nitriles is 1. The van der Waals surface area contributed by atoms with Crippen molar-refractivity contribution in [2.75, 3.05) is 13.7 Å². The minimum absolute atomic E-state index is 0.101. The minimum Gasteiger partial charge on any atom is -0.493 e. The molecule has 112 valence electrons. The number of carbonyl (C=O) groups excluding carboxylic acids is 1. The van der Waals surface area contributed by atoms with Crippen molar-refractivity contribution in [3.05, 3.63) is 59.7 Å². The third-order valence-corrected chi connectivity index (χ3v) is 2.87. The molecule has 0 heterocycles. The lowest BCUT2D eigenvalue weighted by atomic mass is 10.1. The number of ether oxygens (including phenoxy) is 3. The summed E-state index contributed by atoms with van der Waals surface area (Å²) >= 11 is 0. The first-order valence-electron chi connectivity index (χ1n) is 6.63. The molecule has 0 bridgehead atoms. The molecule has 2 aromatic carbocycles. The van der Waals surface area contributed by atoms with Crippen LogP contribution in [0.1, 0.15) is 11.1 Å². The van der Waals surface area contributed by atoms with Crippen LogP contribution in [0.4, 0.5) is 0 Å². The lowest BCUT2D eigenvalue weighted by Gasteiger charge is -2.10. The Kier molecular flexibility index (Phi) is 5.38. The van der Waals surface area contributed by atoms with Crippen LogP contribution < -0.4 is 9.47 Å². The van der Waals surface area contributed by atoms with Gasteiger partial charge in [-0.3, -0.25) is 0 Å². The van der Waals surface area contributed by atoms with E-state index >= 15 is 0 Å². The van der Waals surface area contributed by atoms with Gasteiger partial charge >= 0.3 is 5.97 Å². The second-order valence-electron chi connectivity index (χ2n) is 4.41. The fraction of sp³-hybridized carbons (Fsp3) is 0.176. The Morgan fingerprint density at radius 2 is 1.91 bits per heavy atom. The first kappa shape index (κ1) is 15.4. The maximum Gasteiger partial charge on any atom is 0.344 e. The molecule has 0 fully saturated rings. The first-order chi connectivity index (χ1) is 10.7. The number of methoxy groups -OCH3 is 1. The maximum atomic E-state index is 11.7. The zero-order valence-corrected chi connectivity index (χ0v) is 12.1. The van der Waals surface area contributed by atoms with Gasteiger partial charge in [-0.05, 0) is 29.8 Å².